The lowest BCUT2D eigenvalue weighted by molar-refractivity contribution is -0.146. The summed E-state index contributed by atoms with van der Waals surface area (Å²) in [5.41, 5.74) is 0.910. The van der Waals surface area contributed by atoms with Crippen molar-refractivity contribution in [3.63, 3.8) is 0 Å². The Morgan fingerprint density at radius 3 is 2.54 bits per heavy atom. The van der Waals surface area contributed by atoms with Gasteiger partial charge in [0.25, 0.3) is 0 Å². The molecule has 1 aromatic heterocycles. The molecule has 2 aliphatic carbocycles. The third-order valence-electron chi connectivity index (χ3n) is 8.71. The highest BCUT2D eigenvalue weighted by Crippen LogP contribution is 2.57. The summed E-state index contributed by atoms with van der Waals surface area (Å²) in [5, 5.41) is 15.4. The predicted molar refractivity (Wildman–Crippen MR) is 141 cm³/mol. The molecule has 1 saturated carbocycles. The summed E-state index contributed by atoms with van der Waals surface area (Å²) in [5.74, 6) is 0.0976. The van der Waals surface area contributed by atoms with E-state index in [9.17, 15) is 14.7 Å². The Hall–Kier alpha value is -1.51. The Morgan fingerprint density at radius 2 is 1.91 bits per heavy atom. The number of anilines is 1. The van der Waals surface area contributed by atoms with Crippen LogP contribution in [0.2, 0.25) is 0 Å². The molecule has 6 atom stereocenters. The first-order chi connectivity index (χ1) is 16.3. The second-order valence-corrected chi connectivity index (χ2v) is 14.0. The van der Waals surface area contributed by atoms with E-state index in [-0.39, 0.29) is 46.3 Å². The highest BCUT2D eigenvalue weighted by molar-refractivity contribution is 7.15. The largest absolute Gasteiger partial charge is 0.392 e. The molecule has 1 aromatic rings. The molecular weight excluding hydrogens is 460 g/mol. The van der Waals surface area contributed by atoms with Gasteiger partial charge in [-0.1, -0.05) is 41.5 Å². The Morgan fingerprint density at radius 1 is 1.26 bits per heavy atom. The molecule has 7 nitrogen and oxygen atoms in total. The topological polar surface area (TPSA) is 85.8 Å². The van der Waals surface area contributed by atoms with E-state index < -0.39 is 6.10 Å². The van der Waals surface area contributed by atoms with Crippen LogP contribution >= 0.6 is 11.3 Å². The standard InChI is InChI=1S/C27H44N4O3S/c1-16(24(34)31-12-10-30(7)11-13-31)18-8-9-27(6)14-19-22(17(2)21(27)23(18)33)29-25(35-19)28-20(32)15-26(3,4)5/h16-18,21,23,33H,8-15H2,1-7H3,(H,28,29,32). The van der Waals surface area contributed by atoms with Crippen LogP contribution in [0, 0.1) is 28.6 Å². The lowest BCUT2D eigenvalue weighted by atomic mass is 9.53. The first-order valence-corrected chi connectivity index (χ1v) is 14.1. The average molecular weight is 505 g/mol. The number of aliphatic hydroxyl groups excluding tert-OH is 1. The summed E-state index contributed by atoms with van der Waals surface area (Å²) in [6.07, 6.45) is 2.64. The minimum absolute atomic E-state index is 0.00350. The van der Waals surface area contributed by atoms with E-state index in [4.69, 9.17) is 4.98 Å². The number of carbonyl (C=O) groups excluding carboxylic acids is 2. The van der Waals surface area contributed by atoms with E-state index in [1.165, 1.54) is 4.88 Å². The number of hydrogen-bond donors (Lipinski definition) is 2. The van der Waals surface area contributed by atoms with Gasteiger partial charge in [0.1, 0.15) is 0 Å². The number of fused-ring (bicyclic) bond motifs is 2. The normalized spacial score (nSPS) is 32.5. The number of rotatable bonds is 4. The SMILES string of the molecule is CC(C(=O)N1CCN(C)CC1)C1CCC2(C)Cc3sc(NC(=O)CC(C)(C)C)nc3C(C)C2C1O. The maximum atomic E-state index is 13.3. The van der Waals surface area contributed by atoms with Crippen molar-refractivity contribution in [3.8, 4) is 0 Å². The zero-order valence-electron chi connectivity index (χ0n) is 22.6. The van der Waals surface area contributed by atoms with Gasteiger partial charge in [-0.2, -0.15) is 0 Å². The smallest absolute Gasteiger partial charge is 0.226 e. The van der Waals surface area contributed by atoms with Crippen LogP contribution in [0.1, 0.15) is 77.3 Å². The van der Waals surface area contributed by atoms with Gasteiger partial charge in [0, 0.05) is 49.3 Å². The summed E-state index contributed by atoms with van der Waals surface area (Å²) < 4.78 is 0. The number of carbonyl (C=O) groups is 2. The van der Waals surface area contributed by atoms with E-state index in [0.29, 0.717) is 11.6 Å². The van der Waals surface area contributed by atoms with Crippen molar-refractivity contribution in [2.75, 3.05) is 38.5 Å². The quantitative estimate of drug-likeness (QED) is 0.648. The summed E-state index contributed by atoms with van der Waals surface area (Å²) in [6.45, 7) is 16.0. The number of nitrogens with zero attached hydrogens (tertiary/aromatic N) is 3. The zero-order chi connectivity index (χ0) is 25.7. The van der Waals surface area contributed by atoms with Crippen molar-refractivity contribution >= 4 is 28.3 Å². The average Bonchev–Trinajstić information content (AvgIpc) is 3.13. The molecule has 2 fully saturated rings. The van der Waals surface area contributed by atoms with Crippen LogP contribution < -0.4 is 5.32 Å². The third kappa shape index (κ3) is 5.44. The molecule has 2 N–H and O–H groups in total. The molecule has 0 radical (unpaired) electrons. The fourth-order valence-corrected chi connectivity index (χ4v) is 8.02. The van der Waals surface area contributed by atoms with Crippen LogP contribution in [0.5, 0.6) is 0 Å². The third-order valence-corrected chi connectivity index (χ3v) is 9.69. The molecule has 3 aliphatic rings. The fourth-order valence-electron chi connectivity index (χ4n) is 6.74. The van der Waals surface area contributed by atoms with E-state index in [1.54, 1.807) is 11.3 Å². The van der Waals surface area contributed by atoms with Crippen LogP contribution in [-0.2, 0) is 16.0 Å². The maximum Gasteiger partial charge on any atom is 0.226 e. The van der Waals surface area contributed by atoms with Crippen molar-refractivity contribution in [1.82, 2.24) is 14.8 Å². The lowest BCUT2D eigenvalue weighted by Crippen LogP contribution is -2.55. The maximum absolute atomic E-state index is 13.3. The van der Waals surface area contributed by atoms with Crippen LogP contribution in [-0.4, -0.2) is 71.0 Å². The van der Waals surface area contributed by atoms with E-state index in [0.717, 1.165) is 51.1 Å². The van der Waals surface area contributed by atoms with E-state index in [2.05, 4.69) is 51.9 Å². The minimum atomic E-state index is -0.538. The van der Waals surface area contributed by atoms with Gasteiger partial charge in [0.2, 0.25) is 11.8 Å². The van der Waals surface area contributed by atoms with Gasteiger partial charge >= 0.3 is 0 Å². The Labute approximate surface area is 214 Å². The minimum Gasteiger partial charge on any atom is -0.392 e. The molecule has 1 saturated heterocycles. The number of thiazole rings is 1. The van der Waals surface area contributed by atoms with Gasteiger partial charge in [0.15, 0.2) is 5.13 Å². The molecule has 196 valence electrons. The van der Waals surface area contributed by atoms with E-state index in [1.807, 2.05) is 11.8 Å². The van der Waals surface area contributed by atoms with Gasteiger partial charge < -0.3 is 20.2 Å². The van der Waals surface area contributed by atoms with Crippen LogP contribution in [0.4, 0.5) is 5.13 Å². The van der Waals surface area contributed by atoms with Gasteiger partial charge in [-0.05, 0) is 49.0 Å². The van der Waals surface area contributed by atoms with Crippen LogP contribution in [0.3, 0.4) is 0 Å². The zero-order valence-corrected chi connectivity index (χ0v) is 23.4. The molecule has 0 bridgehead atoms. The second-order valence-electron chi connectivity index (χ2n) is 12.9. The molecule has 1 aliphatic heterocycles. The predicted octanol–water partition coefficient (Wildman–Crippen LogP) is 3.98. The van der Waals surface area contributed by atoms with Gasteiger partial charge in [-0.25, -0.2) is 4.98 Å². The molecule has 2 amide bonds. The number of amides is 2. The molecule has 6 unspecified atom stereocenters. The highest BCUT2D eigenvalue weighted by atomic mass is 32.1. The summed E-state index contributed by atoms with van der Waals surface area (Å²) in [4.78, 5) is 36.1. The monoisotopic (exact) mass is 504 g/mol. The van der Waals surface area contributed by atoms with E-state index >= 15 is 0 Å². The summed E-state index contributed by atoms with van der Waals surface area (Å²) >= 11 is 1.59. The number of aliphatic hydroxyl groups is 1. The van der Waals surface area contributed by atoms with Gasteiger partial charge in [-0.3, -0.25) is 9.59 Å². The summed E-state index contributed by atoms with van der Waals surface area (Å²) in [6, 6.07) is 0. The summed E-state index contributed by atoms with van der Waals surface area (Å²) in [7, 11) is 2.09. The fraction of sp³-hybridized carbons (Fsp3) is 0.815. The first kappa shape index (κ1) is 26.6. The Kier molecular flexibility index (Phi) is 7.39. The number of nitrogens with one attached hydrogen (secondary N) is 1. The highest BCUT2D eigenvalue weighted by Gasteiger charge is 2.54. The first-order valence-electron chi connectivity index (χ1n) is 13.2. The molecule has 4 rings (SSSR count). The molecule has 2 heterocycles. The van der Waals surface area contributed by atoms with Gasteiger partial charge in [0.05, 0.1) is 11.8 Å². The van der Waals surface area contributed by atoms with Crippen molar-refractivity contribution in [3.05, 3.63) is 10.6 Å². The van der Waals surface area contributed by atoms with Crippen molar-refractivity contribution in [2.45, 2.75) is 79.2 Å². The molecule has 0 aromatic carbocycles. The lowest BCUT2D eigenvalue weighted by Gasteiger charge is -2.53. The Balaban J connectivity index is 1.49. The Bertz CT molecular complexity index is 949. The number of aromatic nitrogens is 1. The van der Waals surface area contributed by atoms with Crippen molar-refractivity contribution in [1.29, 1.82) is 0 Å². The van der Waals surface area contributed by atoms with Crippen LogP contribution in [0.15, 0.2) is 0 Å². The number of piperazine rings is 1. The number of likely N-dealkylation sites (N-methyl/N-ethyl adjacent to an activating group) is 1. The molecule has 35 heavy (non-hydrogen) atoms. The van der Waals surface area contributed by atoms with Crippen molar-refractivity contribution in [2.24, 2.45) is 28.6 Å². The second kappa shape index (κ2) is 9.75. The van der Waals surface area contributed by atoms with Crippen molar-refractivity contribution < 1.29 is 14.7 Å². The molecular formula is C27H44N4O3S. The van der Waals surface area contributed by atoms with Crippen LogP contribution in [0.25, 0.3) is 0 Å². The number of hydrogen-bond acceptors (Lipinski definition) is 6. The molecule has 8 heteroatoms. The molecule has 0 spiro atoms. The van der Waals surface area contributed by atoms with Gasteiger partial charge in [-0.15, -0.1) is 11.3 Å².